The molecule has 180 valence electrons. The van der Waals surface area contributed by atoms with E-state index in [0.717, 1.165) is 17.2 Å². The predicted molar refractivity (Wildman–Crippen MR) is 122 cm³/mol. The van der Waals surface area contributed by atoms with Crippen LogP contribution in [0.2, 0.25) is 0 Å². The second-order valence-corrected chi connectivity index (χ2v) is 9.89. The number of nitrogens with zero attached hydrogens (tertiary/aromatic N) is 3. The molecule has 2 heterocycles. The van der Waals surface area contributed by atoms with Crippen molar-refractivity contribution in [1.82, 2.24) is 9.80 Å². The van der Waals surface area contributed by atoms with E-state index in [0.29, 0.717) is 50.3 Å². The Bertz CT molecular complexity index is 981. The second kappa shape index (κ2) is 9.31. The van der Waals surface area contributed by atoms with Crippen LogP contribution in [0.15, 0.2) is 40.4 Å². The summed E-state index contributed by atoms with van der Waals surface area (Å²) in [6, 6.07) is 5.69. The lowest BCUT2D eigenvalue weighted by atomic mass is 9.86. The summed E-state index contributed by atoms with van der Waals surface area (Å²) in [5.41, 5.74) is 1.23. The van der Waals surface area contributed by atoms with Crippen LogP contribution in [-0.2, 0) is 15.8 Å². The maximum absolute atomic E-state index is 13.4. The van der Waals surface area contributed by atoms with E-state index in [4.69, 9.17) is 0 Å². The van der Waals surface area contributed by atoms with Gasteiger partial charge in [0.2, 0.25) is 5.91 Å². The Morgan fingerprint density at radius 3 is 2.15 bits per heavy atom. The maximum atomic E-state index is 13.4. The van der Waals surface area contributed by atoms with Gasteiger partial charge in [-0.15, -0.1) is 0 Å². The topological polar surface area (TPSA) is 53.0 Å². The molecule has 0 unspecified atom stereocenters. The summed E-state index contributed by atoms with van der Waals surface area (Å²) in [5, 5.41) is 0. The maximum Gasteiger partial charge on any atom is 0.416 e. The van der Waals surface area contributed by atoms with Gasteiger partial charge >= 0.3 is 6.18 Å². The molecule has 2 aliphatic heterocycles. The lowest BCUT2D eigenvalue weighted by Crippen LogP contribution is -2.43. The highest BCUT2D eigenvalue weighted by atomic mass is 19.4. The SMILES string of the molecule is C/N=C(/C(=O)N1CCC(c2ccccc2C(F)(F)F)CC1)C1=C(C)CN(C(=O)C(C)(C)C)C1. The quantitative estimate of drug-likeness (QED) is 0.611. The number of carbonyl (C=O) groups excluding carboxylic acids is 2. The predicted octanol–water partition coefficient (Wildman–Crippen LogP) is 4.69. The number of halogens is 3. The first-order valence-electron chi connectivity index (χ1n) is 11.2. The molecule has 5 nitrogen and oxygen atoms in total. The zero-order chi connectivity index (χ0) is 24.6. The molecule has 0 N–H and O–H groups in total. The number of likely N-dealkylation sites (tertiary alicyclic amines) is 1. The van der Waals surface area contributed by atoms with Gasteiger partial charge in [-0.1, -0.05) is 39.0 Å². The molecule has 0 radical (unpaired) electrons. The Balaban J connectivity index is 1.70. The van der Waals surface area contributed by atoms with Gasteiger partial charge in [-0.2, -0.15) is 13.2 Å². The number of aliphatic imine (C=N–C) groups is 1. The van der Waals surface area contributed by atoms with Crippen LogP contribution in [0, 0.1) is 5.41 Å². The van der Waals surface area contributed by atoms with E-state index in [9.17, 15) is 22.8 Å². The van der Waals surface area contributed by atoms with Gasteiger partial charge in [0.05, 0.1) is 5.56 Å². The summed E-state index contributed by atoms with van der Waals surface area (Å²) in [6.07, 6.45) is -3.47. The van der Waals surface area contributed by atoms with Gasteiger partial charge < -0.3 is 9.80 Å². The third kappa shape index (κ3) is 5.31. The van der Waals surface area contributed by atoms with Crippen molar-refractivity contribution in [2.75, 3.05) is 33.2 Å². The number of hydrogen-bond acceptors (Lipinski definition) is 3. The van der Waals surface area contributed by atoms with Crippen LogP contribution in [0.5, 0.6) is 0 Å². The van der Waals surface area contributed by atoms with Crippen molar-refractivity contribution in [3.05, 3.63) is 46.5 Å². The summed E-state index contributed by atoms with van der Waals surface area (Å²) < 4.78 is 40.3. The normalized spacial score (nSPS) is 18.8. The molecular formula is C25H32F3N3O2. The highest BCUT2D eigenvalue weighted by molar-refractivity contribution is 6.45. The van der Waals surface area contributed by atoms with Gasteiger partial charge in [-0.05, 0) is 42.9 Å². The molecule has 8 heteroatoms. The van der Waals surface area contributed by atoms with Crippen molar-refractivity contribution in [2.45, 2.75) is 52.6 Å². The Hall–Kier alpha value is -2.64. The molecule has 3 rings (SSSR count). The average molecular weight is 464 g/mol. The van der Waals surface area contributed by atoms with Crippen LogP contribution in [0.4, 0.5) is 13.2 Å². The number of amides is 2. The first-order chi connectivity index (χ1) is 15.3. The second-order valence-electron chi connectivity index (χ2n) is 9.89. The van der Waals surface area contributed by atoms with Crippen molar-refractivity contribution >= 4 is 17.5 Å². The van der Waals surface area contributed by atoms with Gasteiger partial charge in [0, 0.05) is 44.2 Å². The monoisotopic (exact) mass is 463 g/mol. The summed E-state index contributed by atoms with van der Waals surface area (Å²) in [7, 11) is 1.56. The number of carbonyl (C=O) groups is 2. The molecule has 1 aromatic rings. The number of rotatable bonds is 3. The van der Waals surface area contributed by atoms with Crippen LogP contribution < -0.4 is 0 Å². The van der Waals surface area contributed by atoms with E-state index in [2.05, 4.69) is 4.99 Å². The highest BCUT2D eigenvalue weighted by Crippen LogP contribution is 2.38. The summed E-state index contributed by atoms with van der Waals surface area (Å²) in [4.78, 5) is 33.6. The van der Waals surface area contributed by atoms with Crippen LogP contribution in [0.3, 0.4) is 0 Å². The van der Waals surface area contributed by atoms with Crippen molar-refractivity contribution in [1.29, 1.82) is 0 Å². The minimum absolute atomic E-state index is 0.0175. The highest BCUT2D eigenvalue weighted by Gasteiger charge is 2.38. The van der Waals surface area contributed by atoms with Crippen molar-refractivity contribution in [2.24, 2.45) is 10.4 Å². The number of piperidine rings is 1. The van der Waals surface area contributed by atoms with Gasteiger partial charge in [-0.3, -0.25) is 14.6 Å². The average Bonchev–Trinajstić information content (AvgIpc) is 3.13. The molecular weight excluding hydrogens is 431 g/mol. The van der Waals surface area contributed by atoms with Crippen LogP contribution in [-0.4, -0.2) is 60.6 Å². The molecule has 1 aromatic carbocycles. The summed E-state index contributed by atoms with van der Waals surface area (Å²) >= 11 is 0. The Labute approximate surface area is 193 Å². The molecule has 1 saturated heterocycles. The van der Waals surface area contributed by atoms with E-state index >= 15 is 0 Å². The Kier molecular flexibility index (Phi) is 7.05. The molecule has 33 heavy (non-hydrogen) atoms. The lowest BCUT2D eigenvalue weighted by molar-refractivity contribution is -0.139. The molecule has 0 atom stereocenters. The van der Waals surface area contributed by atoms with Gasteiger partial charge in [0.25, 0.3) is 5.91 Å². The minimum atomic E-state index is -4.39. The molecule has 0 aliphatic carbocycles. The fourth-order valence-electron chi connectivity index (χ4n) is 4.67. The number of alkyl halides is 3. The summed E-state index contributed by atoms with van der Waals surface area (Å²) in [5.74, 6) is -0.454. The third-order valence-electron chi connectivity index (χ3n) is 6.42. The fraction of sp³-hybridized carbons (Fsp3) is 0.560. The van der Waals surface area contributed by atoms with Crippen LogP contribution >= 0.6 is 0 Å². The first kappa shape index (κ1) is 25.0. The fourth-order valence-corrected chi connectivity index (χ4v) is 4.67. The molecule has 0 spiro atoms. The third-order valence-corrected chi connectivity index (χ3v) is 6.42. The summed E-state index contributed by atoms with van der Waals surface area (Å²) in [6.45, 7) is 9.04. The van der Waals surface area contributed by atoms with Crippen molar-refractivity contribution < 1.29 is 22.8 Å². The van der Waals surface area contributed by atoms with E-state index in [1.165, 1.54) is 12.1 Å². The Morgan fingerprint density at radius 1 is 1.00 bits per heavy atom. The Morgan fingerprint density at radius 2 is 1.61 bits per heavy atom. The van der Waals surface area contributed by atoms with E-state index < -0.39 is 17.2 Å². The van der Waals surface area contributed by atoms with Gasteiger partial charge in [0.15, 0.2) is 0 Å². The minimum Gasteiger partial charge on any atom is -0.337 e. The smallest absolute Gasteiger partial charge is 0.337 e. The molecule has 2 amide bonds. The zero-order valence-electron chi connectivity index (χ0n) is 19.9. The zero-order valence-corrected chi connectivity index (χ0v) is 19.9. The molecule has 0 bridgehead atoms. The number of benzene rings is 1. The van der Waals surface area contributed by atoms with Crippen molar-refractivity contribution in [3.8, 4) is 0 Å². The van der Waals surface area contributed by atoms with Crippen LogP contribution in [0.25, 0.3) is 0 Å². The number of hydrogen-bond donors (Lipinski definition) is 0. The molecule has 0 saturated carbocycles. The van der Waals surface area contributed by atoms with Crippen LogP contribution in [0.1, 0.15) is 57.6 Å². The van der Waals surface area contributed by atoms with E-state index in [1.54, 1.807) is 22.9 Å². The van der Waals surface area contributed by atoms with Gasteiger partial charge in [-0.25, -0.2) is 0 Å². The van der Waals surface area contributed by atoms with E-state index in [-0.39, 0.29) is 17.7 Å². The first-order valence-corrected chi connectivity index (χ1v) is 11.2. The van der Waals surface area contributed by atoms with Crippen molar-refractivity contribution in [3.63, 3.8) is 0 Å². The molecule has 0 aromatic heterocycles. The standard InChI is InChI=1S/C25H32F3N3O2/c1-16-14-31(23(33)24(2,3)4)15-19(16)21(29-5)22(32)30-12-10-17(11-13-30)18-8-6-7-9-20(18)25(26,27)28/h6-9,17H,10-15H2,1-5H3/b29-21+. The molecule has 2 aliphatic rings. The lowest BCUT2D eigenvalue weighted by Gasteiger charge is -2.33. The molecule has 1 fully saturated rings. The largest absolute Gasteiger partial charge is 0.416 e. The van der Waals surface area contributed by atoms with E-state index in [1.807, 2.05) is 27.7 Å². The van der Waals surface area contributed by atoms with Gasteiger partial charge in [0.1, 0.15) is 5.71 Å².